The molecule has 18 heavy (non-hydrogen) atoms. The lowest BCUT2D eigenvalue weighted by molar-refractivity contribution is 0.0555. The molecule has 1 aromatic carbocycles. The van der Waals surface area contributed by atoms with Gasteiger partial charge < -0.3 is 9.84 Å². The van der Waals surface area contributed by atoms with Crippen LogP contribution in [0, 0.1) is 0 Å². The fourth-order valence-corrected chi connectivity index (χ4v) is 1.45. The molecule has 0 saturated heterocycles. The van der Waals surface area contributed by atoms with E-state index in [-0.39, 0.29) is 5.75 Å². The predicted molar refractivity (Wildman–Crippen MR) is 63.8 cm³/mol. The summed E-state index contributed by atoms with van der Waals surface area (Å²) >= 11 is 0. The van der Waals surface area contributed by atoms with E-state index in [1.165, 1.54) is 12.1 Å². The number of carbonyl (C=O) groups excluding carboxylic acids is 1. The third-order valence-electron chi connectivity index (χ3n) is 2.11. The second-order valence-corrected chi connectivity index (χ2v) is 4.88. The normalized spacial score (nSPS) is 13.4. The Morgan fingerprint density at radius 3 is 2.78 bits per heavy atom. The van der Waals surface area contributed by atoms with Crippen molar-refractivity contribution in [1.82, 2.24) is 10.7 Å². The molecule has 0 fully saturated rings. The second-order valence-electron chi connectivity index (χ2n) is 4.88. The zero-order valence-electron chi connectivity index (χ0n) is 10.4. The fraction of sp³-hybridized carbons (Fsp3) is 0.333. The van der Waals surface area contributed by atoms with Gasteiger partial charge in [0.05, 0.1) is 0 Å². The van der Waals surface area contributed by atoms with Crippen molar-refractivity contribution >= 4 is 11.9 Å². The van der Waals surface area contributed by atoms with Crippen molar-refractivity contribution in [1.29, 1.82) is 0 Å². The molecule has 6 nitrogen and oxygen atoms in total. The van der Waals surface area contributed by atoms with Crippen LogP contribution in [0.1, 0.15) is 20.8 Å². The monoisotopic (exact) mass is 248 g/mol. The summed E-state index contributed by atoms with van der Waals surface area (Å²) in [5.41, 5.74) is 3.26. The minimum Gasteiger partial charge on any atom is -0.508 e. The molecule has 1 aromatic rings. The SMILES string of the molecule is CC(C)(C)OC(=O)NC1=c2ccc(O)cc2=N[N]1. The number of fused-ring (bicyclic) bond motifs is 1. The maximum atomic E-state index is 11.6. The average Bonchev–Trinajstić information content (AvgIpc) is 2.57. The topological polar surface area (TPSA) is 85.0 Å². The van der Waals surface area contributed by atoms with E-state index in [1.807, 2.05) is 0 Å². The van der Waals surface area contributed by atoms with Gasteiger partial charge in [0.25, 0.3) is 0 Å². The zero-order chi connectivity index (χ0) is 13.3. The Hall–Kier alpha value is -2.24. The highest BCUT2D eigenvalue weighted by Gasteiger charge is 2.19. The first-order chi connectivity index (χ1) is 8.35. The molecule has 2 rings (SSSR count). The van der Waals surface area contributed by atoms with Gasteiger partial charge in [0.2, 0.25) is 0 Å². The Balaban J connectivity index is 2.22. The van der Waals surface area contributed by atoms with Crippen LogP contribution in [0.4, 0.5) is 4.79 Å². The molecule has 1 amide bonds. The van der Waals surface area contributed by atoms with Crippen LogP contribution in [0.15, 0.2) is 23.3 Å². The van der Waals surface area contributed by atoms with Crippen molar-refractivity contribution in [2.75, 3.05) is 0 Å². The van der Waals surface area contributed by atoms with Crippen LogP contribution in [-0.4, -0.2) is 16.8 Å². The number of carbonyl (C=O) groups is 1. The largest absolute Gasteiger partial charge is 0.508 e. The van der Waals surface area contributed by atoms with Crippen LogP contribution in [0.2, 0.25) is 0 Å². The average molecular weight is 248 g/mol. The van der Waals surface area contributed by atoms with Crippen LogP contribution in [-0.2, 0) is 4.74 Å². The zero-order valence-corrected chi connectivity index (χ0v) is 10.4. The molecule has 1 radical (unpaired) electrons. The highest BCUT2D eigenvalue weighted by atomic mass is 16.6. The molecule has 0 atom stereocenters. The van der Waals surface area contributed by atoms with Gasteiger partial charge in [-0.1, -0.05) is 0 Å². The van der Waals surface area contributed by atoms with E-state index in [9.17, 15) is 9.90 Å². The van der Waals surface area contributed by atoms with E-state index in [0.29, 0.717) is 16.4 Å². The highest BCUT2D eigenvalue weighted by molar-refractivity contribution is 5.76. The Morgan fingerprint density at radius 1 is 1.39 bits per heavy atom. The molecular weight excluding hydrogens is 234 g/mol. The van der Waals surface area contributed by atoms with Crippen LogP contribution in [0.5, 0.6) is 5.75 Å². The molecule has 0 spiro atoms. The number of alkyl carbamates (subject to hydrolysis) is 1. The van der Waals surface area contributed by atoms with Gasteiger partial charge in [-0.2, -0.15) is 0 Å². The van der Waals surface area contributed by atoms with Crippen molar-refractivity contribution in [3.8, 4) is 5.75 Å². The first-order valence-corrected chi connectivity index (χ1v) is 5.47. The Morgan fingerprint density at radius 2 is 2.11 bits per heavy atom. The Labute approximate surface area is 104 Å². The van der Waals surface area contributed by atoms with Crippen molar-refractivity contribution in [2.45, 2.75) is 26.4 Å². The van der Waals surface area contributed by atoms with Gasteiger partial charge in [0, 0.05) is 11.3 Å². The van der Waals surface area contributed by atoms with Crippen LogP contribution in [0.3, 0.4) is 0 Å². The third kappa shape index (κ3) is 2.71. The summed E-state index contributed by atoms with van der Waals surface area (Å²) in [4.78, 5) is 11.6. The van der Waals surface area contributed by atoms with Crippen LogP contribution >= 0.6 is 0 Å². The molecule has 1 heterocycles. The molecule has 0 aromatic heterocycles. The minimum absolute atomic E-state index is 0.103. The molecule has 95 valence electrons. The number of phenols is 1. The van der Waals surface area contributed by atoms with Gasteiger partial charge in [-0.25, -0.2) is 4.79 Å². The summed E-state index contributed by atoms with van der Waals surface area (Å²) in [6.45, 7) is 5.33. The quantitative estimate of drug-likeness (QED) is 0.741. The second kappa shape index (κ2) is 4.21. The van der Waals surface area contributed by atoms with Crippen molar-refractivity contribution in [2.24, 2.45) is 5.10 Å². The van der Waals surface area contributed by atoms with Gasteiger partial charge in [0.15, 0.2) is 5.82 Å². The number of nitrogens with zero attached hydrogens (tertiary/aromatic N) is 2. The molecular formula is C12H14N3O3. The summed E-state index contributed by atoms with van der Waals surface area (Å²) < 4.78 is 5.12. The van der Waals surface area contributed by atoms with Crippen LogP contribution < -0.4 is 21.3 Å². The molecule has 2 N–H and O–H groups in total. The number of nitrogens with one attached hydrogen (secondary N) is 1. The number of phenolic OH excluding ortho intramolecular Hbond substituents is 1. The molecule has 0 bridgehead atoms. The van der Waals surface area contributed by atoms with Gasteiger partial charge in [0.1, 0.15) is 16.7 Å². The summed E-state index contributed by atoms with van der Waals surface area (Å²) in [5, 5.41) is 16.8. The van der Waals surface area contributed by atoms with Crippen LogP contribution in [0.25, 0.3) is 5.82 Å². The first-order valence-electron chi connectivity index (χ1n) is 5.47. The number of ether oxygens (including phenoxy) is 1. The highest BCUT2D eigenvalue weighted by Crippen LogP contribution is 2.07. The van der Waals surface area contributed by atoms with E-state index >= 15 is 0 Å². The maximum absolute atomic E-state index is 11.6. The van der Waals surface area contributed by atoms with Crippen molar-refractivity contribution < 1.29 is 14.6 Å². The van der Waals surface area contributed by atoms with E-state index < -0.39 is 11.7 Å². The first kappa shape index (κ1) is 12.2. The van der Waals surface area contributed by atoms with Crippen molar-refractivity contribution in [3.05, 3.63) is 28.8 Å². The maximum Gasteiger partial charge on any atom is 0.413 e. The molecule has 1 aliphatic heterocycles. The van der Waals surface area contributed by atoms with E-state index in [0.717, 1.165) is 0 Å². The standard InChI is InChI=1S/C12H14N3O3/c1-12(2,3)18-11(17)13-10-8-5-4-7(16)6-9(8)14-15-10/h4-6,16H,1-3H3,(H,13,17). The number of rotatable bonds is 1. The van der Waals surface area contributed by atoms with E-state index in [2.05, 4.69) is 15.8 Å². The number of amides is 1. The number of benzene rings is 1. The van der Waals surface area contributed by atoms with Gasteiger partial charge >= 0.3 is 6.09 Å². The smallest absolute Gasteiger partial charge is 0.413 e. The summed E-state index contributed by atoms with van der Waals surface area (Å²) in [6.07, 6.45) is -0.586. The number of hydrogen-bond acceptors (Lipinski definition) is 4. The Bertz CT molecular complexity index is 602. The molecule has 6 heteroatoms. The lowest BCUT2D eigenvalue weighted by Gasteiger charge is -2.19. The number of aromatic hydroxyl groups is 1. The lowest BCUT2D eigenvalue weighted by atomic mass is 10.2. The number of hydrogen-bond donors (Lipinski definition) is 2. The summed E-state index contributed by atoms with van der Waals surface area (Å²) in [6, 6.07) is 4.62. The lowest BCUT2D eigenvalue weighted by Crippen LogP contribution is -2.36. The summed E-state index contributed by atoms with van der Waals surface area (Å²) in [7, 11) is 0. The third-order valence-corrected chi connectivity index (χ3v) is 2.11. The summed E-state index contributed by atoms with van der Waals surface area (Å²) in [5.74, 6) is 0.422. The van der Waals surface area contributed by atoms with Gasteiger partial charge in [-0.05, 0) is 32.9 Å². The van der Waals surface area contributed by atoms with E-state index in [4.69, 9.17) is 4.74 Å². The van der Waals surface area contributed by atoms with Crippen molar-refractivity contribution in [3.63, 3.8) is 0 Å². The molecule has 1 aliphatic rings. The van der Waals surface area contributed by atoms with E-state index in [1.54, 1.807) is 26.8 Å². The molecule has 0 aliphatic carbocycles. The minimum atomic E-state index is -0.586. The predicted octanol–water partition coefficient (Wildman–Crippen LogP) is 0.135. The van der Waals surface area contributed by atoms with Gasteiger partial charge in [-0.15, -0.1) is 10.5 Å². The Kier molecular flexibility index (Phi) is 2.86. The molecule has 0 unspecified atom stereocenters. The molecule has 0 saturated carbocycles. The van der Waals surface area contributed by atoms with Gasteiger partial charge in [-0.3, -0.25) is 5.32 Å². The fourth-order valence-electron chi connectivity index (χ4n) is 1.45.